The molecule has 0 unspecified atom stereocenters. The summed E-state index contributed by atoms with van der Waals surface area (Å²) in [5.74, 6) is -0.242. The van der Waals surface area contributed by atoms with Gasteiger partial charge >= 0.3 is 0 Å². The minimum absolute atomic E-state index is 0.114. The van der Waals surface area contributed by atoms with E-state index in [1.54, 1.807) is 48.5 Å². The van der Waals surface area contributed by atoms with E-state index in [9.17, 15) is 13.2 Å². The molecule has 30 heavy (non-hydrogen) atoms. The summed E-state index contributed by atoms with van der Waals surface area (Å²) in [7, 11) is -2.23. The molecule has 0 aromatic heterocycles. The lowest BCUT2D eigenvalue weighted by molar-refractivity contribution is 0.0935. The third-order valence-corrected chi connectivity index (χ3v) is 6.87. The number of carbonyl (C=O) groups excluding carboxylic acids is 1. The van der Waals surface area contributed by atoms with Crippen LogP contribution in [0.1, 0.15) is 40.9 Å². The lowest BCUT2D eigenvalue weighted by Gasteiger charge is -2.21. The summed E-state index contributed by atoms with van der Waals surface area (Å²) in [5.41, 5.74) is 2.85. The lowest BCUT2D eigenvalue weighted by atomic mass is 10.0. The van der Waals surface area contributed by atoms with Crippen molar-refractivity contribution < 1.29 is 13.2 Å². The Morgan fingerprint density at radius 2 is 1.63 bits per heavy atom. The van der Waals surface area contributed by atoms with Gasteiger partial charge in [-0.05, 0) is 49.2 Å². The van der Waals surface area contributed by atoms with Gasteiger partial charge in [0.1, 0.15) is 0 Å². The molecular weight excluding hydrogens is 396 g/mol. The van der Waals surface area contributed by atoms with E-state index in [1.165, 1.54) is 11.4 Å². The number of nitrogens with zero attached hydrogens (tertiary/aromatic N) is 1. The number of amides is 1. The van der Waals surface area contributed by atoms with Crippen molar-refractivity contribution in [2.24, 2.45) is 0 Å². The van der Waals surface area contributed by atoms with Crippen molar-refractivity contribution in [3.05, 3.63) is 95.6 Å². The average molecular weight is 423 g/mol. The monoisotopic (exact) mass is 422 g/mol. The number of carbonyl (C=O) groups is 1. The fourth-order valence-electron chi connectivity index (χ4n) is 3.20. The second-order valence-electron chi connectivity index (χ2n) is 7.18. The highest BCUT2D eigenvalue weighted by molar-refractivity contribution is 7.92. The van der Waals surface area contributed by atoms with Crippen LogP contribution in [-0.4, -0.2) is 21.4 Å². The normalized spacial score (nSPS) is 12.2. The summed E-state index contributed by atoms with van der Waals surface area (Å²) in [4.78, 5) is 13.0. The summed E-state index contributed by atoms with van der Waals surface area (Å²) < 4.78 is 27.1. The minimum Gasteiger partial charge on any atom is -0.345 e. The molecule has 0 bridgehead atoms. The van der Waals surface area contributed by atoms with Crippen LogP contribution in [-0.2, 0) is 10.0 Å². The summed E-state index contributed by atoms with van der Waals surface area (Å²) in [6.07, 6.45) is 0.747. The van der Waals surface area contributed by atoms with E-state index >= 15 is 0 Å². The van der Waals surface area contributed by atoms with Crippen LogP contribution in [0.4, 0.5) is 5.69 Å². The quantitative estimate of drug-likeness (QED) is 0.600. The van der Waals surface area contributed by atoms with Gasteiger partial charge in [0.15, 0.2) is 0 Å². The van der Waals surface area contributed by atoms with Gasteiger partial charge in [-0.1, -0.05) is 61.0 Å². The number of sulfonamides is 1. The zero-order chi connectivity index (χ0) is 21.7. The molecule has 1 amide bonds. The molecule has 0 saturated carbocycles. The zero-order valence-corrected chi connectivity index (χ0v) is 18.2. The summed E-state index contributed by atoms with van der Waals surface area (Å²) in [5, 5.41) is 3.04. The van der Waals surface area contributed by atoms with Gasteiger partial charge in [0.2, 0.25) is 0 Å². The molecule has 3 aromatic carbocycles. The smallest absolute Gasteiger partial charge is 0.264 e. The molecule has 3 rings (SSSR count). The van der Waals surface area contributed by atoms with Gasteiger partial charge in [-0.25, -0.2) is 8.42 Å². The number of benzene rings is 3. The average Bonchev–Trinajstić information content (AvgIpc) is 2.77. The standard InChI is InChI=1S/C24H26N2O3S/c1-4-23(19-9-6-5-7-10-19)25-24(27)20-11-8-12-21(17-20)26(3)30(28,29)22-15-13-18(2)14-16-22/h5-17,23H,4H2,1-3H3,(H,25,27)/t23-/m1/s1. The molecule has 5 nitrogen and oxygen atoms in total. The molecule has 0 aliphatic heterocycles. The van der Waals surface area contributed by atoms with E-state index in [1.807, 2.05) is 44.2 Å². The molecule has 6 heteroatoms. The highest BCUT2D eigenvalue weighted by Gasteiger charge is 2.22. The van der Waals surface area contributed by atoms with Gasteiger partial charge in [-0.3, -0.25) is 9.10 Å². The zero-order valence-electron chi connectivity index (χ0n) is 17.4. The maximum atomic E-state index is 13.0. The van der Waals surface area contributed by atoms with E-state index in [-0.39, 0.29) is 16.8 Å². The molecule has 156 valence electrons. The maximum Gasteiger partial charge on any atom is 0.264 e. The van der Waals surface area contributed by atoms with Crippen molar-refractivity contribution in [2.75, 3.05) is 11.4 Å². The SMILES string of the molecule is CC[C@@H](NC(=O)c1cccc(N(C)S(=O)(=O)c2ccc(C)cc2)c1)c1ccccc1. The van der Waals surface area contributed by atoms with Crippen molar-refractivity contribution in [2.45, 2.75) is 31.2 Å². The molecule has 0 fully saturated rings. The summed E-state index contributed by atoms with van der Waals surface area (Å²) in [6.45, 7) is 3.91. The maximum absolute atomic E-state index is 13.0. The molecular formula is C24H26N2O3S. The lowest BCUT2D eigenvalue weighted by Crippen LogP contribution is -2.29. The van der Waals surface area contributed by atoms with Crippen LogP contribution in [0.2, 0.25) is 0 Å². The predicted octanol–water partition coefficient (Wildman–Crippen LogP) is 4.70. The second-order valence-corrected chi connectivity index (χ2v) is 9.15. The molecule has 0 spiro atoms. The van der Waals surface area contributed by atoms with Gasteiger partial charge in [-0.2, -0.15) is 0 Å². The predicted molar refractivity (Wildman–Crippen MR) is 120 cm³/mol. The summed E-state index contributed by atoms with van der Waals surface area (Å²) in [6, 6.07) is 23.0. The van der Waals surface area contributed by atoms with Crippen LogP contribution in [0.25, 0.3) is 0 Å². The van der Waals surface area contributed by atoms with Crippen LogP contribution >= 0.6 is 0 Å². The molecule has 0 saturated heterocycles. The number of rotatable bonds is 7. The number of hydrogen-bond acceptors (Lipinski definition) is 3. The third-order valence-electron chi connectivity index (χ3n) is 5.07. The first-order valence-electron chi connectivity index (χ1n) is 9.84. The van der Waals surface area contributed by atoms with Crippen molar-refractivity contribution in [1.29, 1.82) is 0 Å². The highest BCUT2D eigenvalue weighted by Crippen LogP contribution is 2.24. The molecule has 0 radical (unpaired) electrons. The van der Waals surface area contributed by atoms with Crippen molar-refractivity contribution >= 4 is 21.6 Å². The van der Waals surface area contributed by atoms with Gasteiger partial charge in [-0.15, -0.1) is 0 Å². The topological polar surface area (TPSA) is 66.5 Å². The number of anilines is 1. The fourth-order valence-corrected chi connectivity index (χ4v) is 4.39. The van der Waals surface area contributed by atoms with E-state index in [4.69, 9.17) is 0 Å². The number of hydrogen-bond donors (Lipinski definition) is 1. The first kappa shape index (κ1) is 21.6. The Morgan fingerprint density at radius 1 is 0.967 bits per heavy atom. The molecule has 0 aliphatic rings. The van der Waals surface area contributed by atoms with E-state index in [2.05, 4.69) is 5.32 Å². The van der Waals surface area contributed by atoms with Crippen LogP contribution in [0.5, 0.6) is 0 Å². The first-order chi connectivity index (χ1) is 14.3. The van der Waals surface area contributed by atoms with E-state index < -0.39 is 10.0 Å². The van der Waals surface area contributed by atoms with Crippen molar-refractivity contribution in [3.63, 3.8) is 0 Å². The fraction of sp³-hybridized carbons (Fsp3) is 0.208. The van der Waals surface area contributed by atoms with Crippen LogP contribution in [0.15, 0.2) is 83.8 Å². The van der Waals surface area contributed by atoms with Crippen LogP contribution in [0.3, 0.4) is 0 Å². The third kappa shape index (κ3) is 4.71. The van der Waals surface area contributed by atoms with E-state index in [0.29, 0.717) is 11.3 Å². The van der Waals surface area contributed by atoms with Crippen molar-refractivity contribution in [3.8, 4) is 0 Å². The Kier molecular flexibility index (Phi) is 6.57. The summed E-state index contributed by atoms with van der Waals surface area (Å²) >= 11 is 0. The number of aryl methyl sites for hydroxylation is 1. The minimum atomic E-state index is -3.72. The van der Waals surface area contributed by atoms with E-state index in [0.717, 1.165) is 17.5 Å². The Hall–Kier alpha value is -3.12. The molecule has 0 heterocycles. The molecule has 1 N–H and O–H groups in total. The number of nitrogens with one attached hydrogen (secondary N) is 1. The Morgan fingerprint density at radius 3 is 2.27 bits per heavy atom. The largest absolute Gasteiger partial charge is 0.345 e. The van der Waals surface area contributed by atoms with Gasteiger partial charge in [0.25, 0.3) is 15.9 Å². The Bertz CT molecular complexity index is 1110. The highest BCUT2D eigenvalue weighted by atomic mass is 32.2. The van der Waals surface area contributed by atoms with Gasteiger partial charge < -0.3 is 5.32 Å². The van der Waals surface area contributed by atoms with Crippen molar-refractivity contribution in [1.82, 2.24) is 5.32 Å². The Balaban J connectivity index is 1.83. The van der Waals surface area contributed by atoms with Gasteiger partial charge in [0.05, 0.1) is 16.6 Å². The Labute approximate surface area is 178 Å². The molecule has 3 aromatic rings. The first-order valence-corrected chi connectivity index (χ1v) is 11.3. The van der Waals surface area contributed by atoms with Gasteiger partial charge in [0, 0.05) is 12.6 Å². The molecule has 1 atom stereocenters. The van der Waals surface area contributed by atoms with Crippen LogP contribution < -0.4 is 9.62 Å². The van der Waals surface area contributed by atoms with Crippen LogP contribution in [0, 0.1) is 6.92 Å². The second kappa shape index (κ2) is 9.13. The molecule has 0 aliphatic carbocycles.